The summed E-state index contributed by atoms with van der Waals surface area (Å²) >= 11 is 0. The van der Waals surface area contributed by atoms with Gasteiger partial charge in [0.15, 0.2) is 0 Å². The fraction of sp³-hybridized carbons (Fsp3) is 0.318. The second-order valence-corrected chi connectivity index (χ2v) is 9.49. The normalized spacial score (nSPS) is 18.5. The van der Waals surface area contributed by atoms with Crippen molar-refractivity contribution in [1.29, 1.82) is 0 Å². The molecule has 2 aromatic carbocycles. The van der Waals surface area contributed by atoms with Gasteiger partial charge in [0.25, 0.3) is 5.91 Å². The van der Waals surface area contributed by atoms with Crippen molar-refractivity contribution in [3.63, 3.8) is 0 Å². The van der Waals surface area contributed by atoms with Gasteiger partial charge in [0, 0.05) is 6.54 Å². The molecule has 4 N–H and O–H groups in total. The molecule has 3 rings (SSSR count). The van der Waals surface area contributed by atoms with Crippen LogP contribution in [0.25, 0.3) is 0 Å². The highest BCUT2D eigenvalue weighted by Crippen LogP contribution is 2.23. The first-order valence-electron chi connectivity index (χ1n) is 10.1. The van der Waals surface area contributed by atoms with Crippen LogP contribution < -0.4 is 15.8 Å². The summed E-state index contributed by atoms with van der Waals surface area (Å²) in [6.45, 7) is 1.57. The molecular formula is C22H26N4O5S. The third-order valence-electron chi connectivity index (χ3n) is 5.39. The fourth-order valence-corrected chi connectivity index (χ4v) is 4.01. The number of benzene rings is 2. The molecule has 0 aromatic heterocycles. The molecule has 1 aliphatic heterocycles. The molecule has 0 radical (unpaired) electrons. The van der Waals surface area contributed by atoms with Gasteiger partial charge < -0.3 is 10.6 Å². The number of carbonyl (C=O) groups is 3. The standard InChI is InChI=1S/C22H26N4O5S/c1-22(13-11-16-5-3-2-4-6-16)20(28)26(21(29)25-22)15-19(27)24-14-12-17-7-9-18(10-8-17)32(23,30)31/h2-10H,11-15H2,1H3,(H,24,27)(H,25,29)(H2,23,30,31). The molecule has 170 valence electrons. The molecule has 10 heteroatoms. The molecule has 1 heterocycles. The van der Waals surface area contributed by atoms with E-state index in [9.17, 15) is 22.8 Å². The zero-order valence-electron chi connectivity index (χ0n) is 17.7. The molecule has 0 aliphatic carbocycles. The van der Waals surface area contributed by atoms with Crippen molar-refractivity contribution < 1.29 is 22.8 Å². The number of rotatable bonds is 9. The Balaban J connectivity index is 1.49. The third kappa shape index (κ3) is 5.71. The molecule has 1 aliphatic rings. The van der Waals surface area contributed by atoms with Crippen LogP contribution in [0.1, 0.15) is 24.5 Å². The maximum absolute atomic E-state index is 12.8. The van der Waals surface area contributed by atoms with Crippen LogP contribution in [0.3, 0.4) is 0 Å². The van der Waals surface area contributed by atoms with E-state index in [2.05, 4.69) is 10.6 Å². The summed E-state index contributed by atoms with van der Waals surface area (Å²) in [7, 11) is -3.75. The maximum Gasteiger partial charge on any atom is 0.325 e. The Morgan fingerprint density at radius 1 is 1.03 bits per heavy atom. The number of imide groups is 1. The van der Waals surface area contributed by atoms with E-state index in [1.54, 1.807) is 19.1 Å². The van der Waals surface area contributed by atoms with Crippen LogP contribution in [-0.2, 0) is 32.5 Å². The van der Waals surface area contributed by atoms with E-state index >= 15 is 0 Å². The average molecular weight is 459 g/mol. The van der Waals surface area contributed by atoms with E-state index < -0.39 is 33.4 Å². The van der Waals surface area contributed by atoms with Crippen molar-refractivity contribution in [2.75, 3.05) is 13.1 Å². The van der Waals surface area contributed by atoms with Crippen LogP contribution in [0.4, 0.5) is 4.79 Å². The lowest BCUT2D eigenvalue weighted by atomic mass is 9.93. The third-order valence-corrected chi connectivity index (χ3v) is 6.32. The minimum atomic E-state index is -3.75. The van der Waals surface area contributed by atoms with E-state index in [4.69, 9.17) is 5.14 Å². The maximum atomic E-state index is 12.8. The van der Waals surface area contributed by atoms with Gasteiger partial charge in [-0.05, 0) is 49.4 Å². The molecule has 0 bridgehead atoms. The van der Waals surface area contributed by atoms with Gasteiger partial charge in [0.1, 0.15) is 12.1 Å². The number of carbonyl (C=O) groups excluding carboxylic acids is 3. The summed E-state index contributed by atoms with van der Waals surface area (Å²) in [5.74, 6) is -0.880. The Labute approximate surface area is 187 Å². The number of nitrogens with zero attached hydrogens (tertiary/aromatic N) is 1. The summed E-state index contributed by atoms with van der Waals surface area (Å²) in [6, 6.07) is 15.1. The summed E-state index contributed by atoms with van der Waals surface area (Å²) in [6.07, 6.45) is 1.49. The molecule has 2 aromatic rings. The zero-order valence-corrected chi connectivity index (χ0v) is 18.5. The number of hydrogen-bond acceptors (Lipinski definition) is 5. The molecule has 1 atom stereocenters. The topological polar surface area (TPSA) is 139 Å². The van der Waals surface area contributed by atoms with Crippen molar-refractivity contribution in [2.24, 2.45) is 5.14 Å². The Morgan fingerprint density at radius 3 is 2.28 bits per heavy atom. The first-order valence-corrected chi connectivity index (χ1v) is 11.7. The van der Waals surface area contributed by atoms with Gasteiger partial charge >= 0.3 is 6.03 Å². The number of amides is 4. The Kier molecular flexibility index (Phi) is 6.95. The summed E-state index contributed by atoms with van der Waals surface area (Å²) in [5.41, 5.74) is 0.809. The lowest BCUT2D eigenvalue weighted by Gasteiger charge is -2.21. The smallest absolute Gasteiger partial charge is 0.325 e. The Morgan fingerprint density at radius 2 is 1.66 bits per heavy atom. The van der Waals surface area contributed by atoms with Crippen molar-refractivity contribution in [2.45, 2.75) is 36.6 Å². The van der Waals surface area contributed by atoms with Crippen LogP contribution in [-0.4, -0.2) is 49.8 Å². The second-order valence-electron chi connectivity index (χ2n) is 7.93. The predicted octanol–water partition coefficient (Wildman–Crippen LogP) is 0.936. The average Bonchev–Trinajstić information content (AvgIpc) is 2.96. The Hall–Kier alpha value is -3.24. The highest BCUT2D eigenvalue weighted by Gasteiger charge is 2.47. The quantitative estimate of drug-likeness (QED) is 0.480. The SMILES string of the molecule is CC1(CCc2ccccc2)NC(=O)N(CC(=O)NCCc2ccc(S(N)(=O)=O)cc2)C1=O. The number of urea groups is 1. The number of nitrogens with one attached hydrogen (secondary N) is 2. The molecular weight excluding hydrogens is 432 g/mol. The summed E-state index contributed by atoms with van der Waals surface area (Å²) in [5, 5.41) is 10.4. The molecule has 0 spiro atoms. The molecule has 9 nitrogen and oxygen atoms in total. The van der Waals surface area contributed by atoms with Crippen LogP contribution in [0.2, 0.25) is 0 Å². The molecule has 32 heavy (non-hydrogen) atoms. The van der Waals surface area contributed by atoms with Gasteiger partial charge in [-0.3, -0.25) is 14.5 Å². The van der Waals surface area contributed by atoms with Crippen LogP contribution in [0.5, 0.6) is 0 Å². The first-order chi connectivity index (χ1) is 15.1. The number of aryl methyl sites for hydroxylation is 1. The van der Waals surface area contributed by atoms with Gasteiger partial charge in [0.05, 0.1) is 4.90 Å². The zero-order chi connectivity index (χ0) is 23.4. The minimum Gasteiger partial charge on any atom is -0.354 e. The van der Waals surface area contributed by atoms with Crippen molar-refractivity contribution >= 4 is 27.9 Å². The monoisotopic (exact) mass is 458 g/mol. The summed E-state index contributed by atoms with van der Waals surface area (Å²) in [4.78, 5) is 38.3. The number of primary sulfonamides is 1. The van der Waals surface area contributed by atoms with Crippen LogP contribution >= 0.6 is 0 Å². The number of sulfonamides is 1. The largest absolute Gasteiger partial charge is 0.354 e. The molecule has 0 saturated carbocycles. The lowest BCUT2D eigenvalue weighted by Crippen LogP contribution is -2.45. The number of hydrogen-bond donors (Lipinski definition) is 3. The van der Waals surface area contributed by atoms with Crippen molar-refractivity contribution in [3.05, 3.63) is 65.7 Å². The van der Waals surface area contributed by atoms with Gasteiger partial charge in [-0.2, -0.15) is 0 Å². The number of nitrogens with two attached hydrogens (primary N) is 1. The highest BCUT2D eigenvalue weighted by molar-refractivity contribution is 7.89. The van der Waals surface area contributed by atoms with Gasteiger partial charge in [-0.15, -0.1) is 0 Å². The molecule has 1 saturated heterocycles. The minimum absolute atomic E-state index is 0.0131. The van der Waals surface area contributed by atoms with Crippen LogP contribution in [0, 0.1) is 0 Å². The van der Waals surface area contributed by atoms with E-state index in [1.807, 2.05) is 30.3 Å². The highest BCUT2D eigenvalue weighted by atomic mass is 32.2. The van der Waals surface area contributed by atoms with E-state index in [0.717, 1.165) is 16.0 Å². The van der Waals surface area contributed by atoms with E-state index in [0.29, 0.717) is 19.3 Å². The molecule has 1 fully saturated rings. The van der Waals surface area contributed by atoms with Gasteiger partial charge in [-0.25, -0.2) is 18.4 Å². The predicted molar refractivity (Wildman–Crippen MR) is 118 cm³/mol. The fourth-order valence-electron chi connectivity index (χ4n) is 3.49. The van der Waals surface area contributed by atoms with Crippen molar-refractivity contribution in [3.8, 4) is 0 Å². The molecule has 4 amide bonds. The molecule has 1 unspecified atom stereocenters. The van der Waals surface area contributed by atoms with Crippen LogP contribution in [0.15, 0.2) is 59.5 Å². The van der Waals surface area contributed by atoms with Gasteiger partial charge in [-0.1, -0.05) is 42.5 Å². The van der Waals surface area contributed by atoms with Crippen molar-refractivity contribution in [1.82, 2.24) is 15.5 Å². The summed E-state index contributed by atoms with van der Waals surface area (Å²) < 4.78 is 22.6. The first kappa shape index (κ1) is 23.4. The Bertz CT molecular complexity index is 1100. The van der Waals surface area contributed by atoms with E-state index in [1.165, 1.54) is 12.1 Å². The second kappa shape index (κ2) is 9.49. The van der Waals surface area contributed by atoms with E-state index in [-0.39, 0.29) is 18.0 Å². The lowest BCUT2D eigenvalue weighted by molar-refractivity contribution is -0.134. The van der Waals surface area contributed by atoms with Gasteiger partial charge in [0.2, 0.25) is 15.9 Å².